The Morgan fingerprint density at radius 3 is 2.60 bits per heavy atom. The van der Waals surface area contributed by atoms with Gasteiger partial charge in [0.05, 0.1) is 12.2 Å². The number of rotatable bonds is 4. The molecule has 0 unspecified atom stereocenters. The average Bonchev–Trinajstić information content (AvgIpc) is 3.02. The lowest BCUT2D eigenvalue weighted by molar-refractivity contribution is -0.139. The highest BCUT2D eigenvalue weighted by molar-refractivity contribution is 5.81. The number of ether oxygens (including phenoxy) is 1. The summed E-state index contributed by atoms with van der Waals surface area (Å²) in [4.78, 5) is 23.8. The van der Waals surface area contributed by atoms with Crippen LogP contribution in [0, 0.1) is 0 Å². The van der Waals surface area contributed by atoms with Gasteiger partial charge in [-0.25, -0.2) is 9.97 Å². The summed E-state index contributed by atoms with van der Waals surface area (Å²) in [5.74, 6) is 1.53. The summed E-state index contributed by atoms with van der Waals surface area (Å²) in [7, 11) is 0. The molecule has 25 heavy (non-hydrogen) atoms. The Bertz CT molecular complexity index is 753. The molecule has 0 saturated carbocycles. The van der Waals surface area contributed by atoms with Gasteiger partial charge in [-0.2, -0.15) is 0 Å². The van der Waals surface area contributed by atoms with Gasteiger partial charge < -0.3 is 9.64 Å². The molecule has 5 heteroatoms. The highest BCUT2D eigenvalue weighted by Gasteiger charge is 2.31. The van der Waals surface area contributed by atoms with E-state index in [2.05, 4.69) is 30.7 Å². The minimum Gasteiger partial charge on any atom is -0.481 e. The lowest BCUT2D eigenvalue weighted by atomic mass is 9.95. The molecular weight excluding hydrogens is 314 g/mol. The van der Waals surface area contributed by atoms with E-state index in [1.165, 1.54) is 0 Å². The predicted molar refractivity (Wildman–Crippen MR) is 96.1 cm³/mol. The molecule has 3 rings (SSSR count). The monoisotopic (exact) mass is 339 g/mol. The van der Waals surface area contributed by atoms with Gasteiger partial charge in [0.1, 0.15) is 11.6 Å². The summed E-state index contributed by atoms with van der Waals surface area (Å²) in [5, 5.41) is 0. The van der Waals surface area contributed by atoms with Gasteiger partial charge in [-0.05, 0) is 18.6 Å². The largest absolute Gasteiger partial charge is 0.481 e. The van der Waals surface area contributed by atoms with Crippen molar-refractivity contribution in [2.75, 3.05) is 0 Å². The standard InChI is InChI=1S/C20H25N3O2/c1-5-17(25-15-9-7-6-8-10-15)18(24)23-12-14-11-21-19(20(2,3)4)22-16(14)13-23/h6-11,17H,5,12-13H2,1-4H3/t17-/m0/s1. The van der Waals surface area contributed by atoms with E-state index in [1.54, 1.807) is 0 Å². The summed E-state index contributed by atoms with van der Waals surface area (Å²) < 4.78 is 5.89. The lowest BCUT2D eigenvalue weighted by Crippen LogP contribution is -2.38. The van der Waals surface area contributed by atoms with Crippen molar-refractivity contribution in [3.63, 3.8) is 0 Å². The number of nitrogens with zero attached hydrogens (tertiary/aromatic N) is 3. The number of aromatic nitrogens is 2. The number of carbonyl (C=O) groups excluding carboxylic acids is 1. The van der Waals surface area contributed by atoms with Gasteiger partial charge >= 0.3 is 0 Å². The normalized spacial score (nSPS) is 15.0. The predicted octanol–water partition coefficient (Wildman–Crippen LogP) is 3.47. The van der Waals surface area contributed by atoms with Crippen molar-refractivity contribution in [2.45, 2.75) is 58.7 Å². The van der Waals surface area contributed by atoms with E-state index in [0.717, 1.165) is 17.1 Å². The van der Waals surface area contributed by atoms with Crippen molar-refractivity contribution >= 4 is 5.91 Å². The number of amides is 1. The molecule has 0 radical (unpaired) electrons. The number of para-hydroxylation sites is 1. The maximum Gasteiger partial charge on any atom is 0.264 e. The molecule has 1 amide bonds. The number of hydrogen-bond acceptors (Lipinski definition) is 4. The van der Waals surface area contributed by atoms with Gasteiger partial charge in [-0.15, -0.1) is 0 Å². The van der Waals surface area contributed by atoms with Crippen LogP contribution in [0.15, 0.2) is 36.5 Å². The van der Waals surface area contributed by atoms with Crippen LogP contribution < -0.4 is 4.74 Å². The van der Waals surface area contributed by atoms with Crippen LogP contribution in [0.2, 0.25) is 0 Å². The Hall–Kier alpha value is -2.43. The van der Waals surface area contributed by atoms with E-state index in [0.29, 0.717) is 25.3 Å². The van der Waals surface area contributed by atoms with Gasteiger partial charge in [-0.1, -0.05) is 45.9 Å². The molecule has 0 saturated heterocycles. The van der Waals surface area contributed by atoms with Crippen molar-refractivity contribution in [1.82, 2.24) is 14.9 Å². The maximum absolute atomic E-state index is 12.9. The summed E-state index contributed by atoms with van der Waals surface area (Å²) >= 11 is 0. The molecule has 0 aliphatic carbocycles. The fraction of sp³-hybridized carbons (Fsp3) is 0.450. The van der Waals surface area contributed by atoms with Gasteiger partial charge in [0.15, 0.2) is 6.10 Å². The first-order valence-corrected chi connectivity index (χ1v) is 8.74. The van der Waals surface area contributed by atoms with Crippen LogP contribution in [0.1, 0.15) is 51.2 Å². The molecule has 2 aromatic rings. The maximum atomic E-state index is 12.9. The minimum absolute atomic E-state index is 0.00154. The zero-order valence-corrected chi connectivity index (χ0v) is 15.3. The molecule has 2 heterocycles. The van der Waals surface area contributed by atoms with E-state index >= 15 is 0 Å². The summed E-state index contributed by atoms with van der Waals surface area (Å²) in [6.07, 6.45) is 2.00. The number of fused-ring (bicyclic) bond motifs is 1. The summed E-state index contributed by atoms with van der Waals surface area (Å²) in [5.41, 5.74) is 1.87. The Morgan fingerprint density at radius 1 is 1.24 bits per heavy atom. The van der Waals surface area contributed by atoms with E-state index in [1.807, 2.05) is 48.4 Å². The fourth-order valence-corrected chi connectivity index (χ4v) is 2.85. The van der Waals surface area contributed by atoms with E-state index in [-0.39, 0.29) is 11.3 Å². The second-order valence-corrected chi connectivity index (χ2v) is 7.44. The first-order valence-electron chi connectivity index (χ1n) is 8.74. The van der Waals surface area contributed by atoms with E-state index < -0.39 is 6.10 Å². The fourth-order valence-electron chi connectivity index (χ4n) is 2.85. The number of carbonyl (C=O) groups is 1. The second kappa shape index (κ2) is 6.82. The van der Waals surface area contributed by atoms with E-state index in [4.69, 9.17) is 4.74 Å². The van der Waals surface area contributed by atoms with Crippen LogP contribution in [0.5, 0.6) is 5.75 Å². The number of benzene rings is 1. The molecule has 0 N–H and O–H groups in total. The number of hydrogen-bond donors (Lipinski definition) is 0. The van der Waals surface area contributed by atoms with Crippen molar-refractivity contribution in [2.24, 2.45) is 0 Å². The SMILES string of the molecule is CC[C@H](Oc1ccccc1)C(=O)N1Cc2cnc(C(C)(C)C)nc2C1. The molecule has 132 valence electrons. The lowest BCUT2D eigenvalue weighted by Gasteiger charge is -2.23. The minimum atomic E-state index is -0.480. The molecule has 0 spiro atoms. The van der Waals surface area contributed by atoms with Gasteiger partial charge in [0, 0.05) is 23.7 Å². The molecular formula is C20H25N3O2. The Labute approximate surface area is 149 Å². The zero-order valence-electron chi connectivity index (χ0n) is 15.3. The highest BCUT2D eigenvalue weighted by Crippen LogP contribution is 2.26. The third kappa shape index (κ3) is 3.81. The second-order valence-electron chi connectivity index (χ2n) is 7.44. The molecule has 0 fully saturated rings. The van der Waals surface area contributed by atoms with Crippen LogP contribution in [0.4, 0.5) is 0 Å². The molecule has 1 aromatic heterocycles. The Balaban J connectivity index is 1.72. The van der Waals surface area contributed by atoms with Gasteiger partial charge in [-0.3, -0.25) is 4.79 Å². The van der Waals surface area contributed by atoms with Crippen molar-refractivity contribution < 1.29 is 9.53 Å². The van der Waals surface area contributed by atoms with Gasteiger partial charge in [0.2, 0.25) is 0 Å². The summed E-state index contributed by atoms with van der Waals surface area (Å²) in [6.45, 7) is 9.31. The van der Waals surface area contributed by atoms with Crippen LogP contribution >= 0.6 is 0 Å². The molecule has 5 nitrogen and oxygen atoms in total. The Morgan fingerprint density at radius 2 is 1.96 bits per heavy atom. The molecule has 1 atom stereocenters. The topological polar surface area (TPSA) is 55.3 Å². The zero-order chi connectivity index (χ0) is 18.0. The first kappa shape index (κ1) is 17.4. The molecule has 1 aliphatic rings. The first-order chi connectivity index (χ1) is 11.9. The molecule has 0 bridgehead atoms. The summed E-state index contributed by atoms with van der Waals surface area (Å²) in [6, 6.07) is 9.48. The van der Waals surface area contributed by atoms with E-state index in [9.17, 15) is 4.79 Å². The Kier molecular flexibility index (Phi) is 4.75. The van der Waals surface area contributed by atoms with Crippen LogP contribution in [-0.4, -0.2) is 26.9 Å². The molecule has 1 aromatic carbocycles. The van der Waals surface area contributed by atoms with Crippen LogP contribution in [-0.2, 0) is 23.3 Å². The van der Waals surface area contributed by atoms with Crippen LogP contribution in [0.3, 0.4) is 0 Å². The average molecular weight is 339 g/mol. The highest BCUT2D eigenvalue weighted by atomic mass is 16.5. The van der Waals surface area contributed by atoms with Gasteiger partial charge in [0.25, 0.3) is 5.91 Å². The molecule has 1 aliphatic heterocycles. The van der Waals surface area contributed by atoms with Crippen molar-refractivity contribution in [1.29, 1.82) is 0 Å². The van der Waals surface area contributed by atoms with Crippen molar-refractivity contribution in [3.8, 4) is 5.75 Å². The smallest absolute Gasteiger partial charge is 0.264 e. The third-order valence-electron chi connectivity index (χ3n) is 4.31. The van der Waals surface area contributed by atoms with Crippen LogP contribution in [0.25, 0.3) is 0 Å². The third-order valence-corrected chi connectivity index (χ3v) is 4.31. The van der Waals surface area contributed by atoms with Crippen molar-refractivity contribution in [3.05, 3.63) is 53.6 Å². The quantitative estimate of drug-likeness (QED) is 0.856.